The Morgan fingerprint density at radius 2 is 2.15 bits per heavy atom. The first-order valence-corrected chi connectivity index (χ1v) is 6.92. The SMILES string of the molecule is C=C(CCC(=O)N1N=CCC1c1ccccc1)OCC. The summed E-state index contributed by atoms with van der Waals surface area (Å²) in [7, 11) is 0. The molecule has 0 saturated carbocycles. The molecule has 0 aliphatic carbocycles. The zero-order chi connectivity index (χ0) is 14.4. The molecule has 0 aromatic heterocycles. The lowest BCUT2D eigenvalue weighted by atomic mass is 10.0. The average molecular weight is 272 g/mol. The minimum atomic E-state index is 0.00783. The second-order valence-corrected chi connectivity index (χ2v) is 4.67. The summed E-state index contributed by atoms with van der Waals surface area (Å²) in [5, 5.41) is 5.78. The number of ether oxygens (including phenoxy) is 1. The molecule has 1 heterocycles. The molecule has 106 valence electrons. The second-order valence-electron chi connectivity index (χ2n) is 4.67. The number of amides is 1. The highest BCUT2D eigenvalue weighted by Gasteiger charge is 2.27. The molecular formula is C16H20N2O2. The molecule has 1 aromatic rings. The lowest BCUT2D eigenvalue weighted by molar-refractivity contribution is -0.133. The van der Waals surface area contributed by atoms with Gasteiger partial charge in [0.05, 0.1) is 18.4 Å². The van der Waals surface area contributed by atoms with Crippen LogP contribution in [0.3, 0.4) is 0 Å². The first-order valence-electron chi connectivity index (χ1n) is 6.92. The van der Waals surface area contributed by atoms with Crippen molar-refractivity contribution >= 4 is 12.1 Å². The van der Waals surface area contributed by atoms with Crippen molar-refractivity contribution in [2.75, 3.05) is 6.61 Å². The fourth-order valence-electron chi connectivity index (χ4n) is 2.24. The van der Waals surface area contributed by atoms with Gasteiger partial charge in [-0.15, -0.1) is 0 Å². The molecule has 2 rings (SSSR count). The number of benzene rings is 1. The average Bonchev–Trinajstić information content (AvgIpc) is 2.95. The molecule has 20 heavy (non-hydrogen) atoms. The molecule has 0 spiro atoms. The van der Waals surface area contributed by atoms with Crippen LogP contribution < -0.4 is 0 Å². The molecule has 1 unspecified atom stereocenters. The maximum atomic E-state index is 12.3. The summed E-state index contributed by atoms with van der Waals surface area (Å²) in [5.41, 5.74) is 1.11. The fraction of sp³-hybridized carbons (Fsp3) is 0.375. The second kappa shape index (κ2) is 6.89. The summed E-state index contributed by atoms with van der Waals surface area (Å²) < 4.78 is 5.26. The van der Waals surface area contributed by atoms with Gasteiger partial charge in [-0.25, -0.2) is 5.01 Å². The van der Waals surface area contributed by atoms with Crippen LogP contribution in [0.25, 0.3) is 0 Å². The first-order chi connectivity index (χ1) is 9.72. The number of hydrogen-bond donors (Lipinski definition) is 0. The predicted octanol–water partition coefficient (Wildman–Crippen LogP) is 3.28. The van der Waals surface area contributed by atoms with Crippen molar-refractivity contribution in [1.29, 1.82) is 0 Å². The Hall–Kier alpha value is -2.10. The molecular weight excluding hydrogens is 252 g/mol. The summed E-state index contributed by atoms with van der Waals surface area (Å²) in [5.74, 6) is 0.661. The predicted molar refractivity (Wildman–Crippen MR) is 79.1 cm³/mol. The van der Waals surface area contributed by atoms with Crippen LogP contribution in [-0.2, 0) is 9.53 Å². The van der Waals surface area contributed by atoms with Crippen LogP contribution in [0.2, 0.25) is 0 Å². The molecule has 0 saturated heterocycles. The third kappa shape index (κ3) is 3.47. The Morgan fingerprint density at radius 1 is 1.40 bits per heavy atom. The summed E-state index contributed by atoms with van der Waals surface area (Å²) in [4.78, 5) is 12.3. The molecule has 1 aromatic carbocycles. The highest BCUT2D eigenvalue weighted by Crippen LogP contribution is 2.28. The highest BCUT2D eigenvalue weighted by atomic mass is 16.5. The quantitative estimate of drug-likeness (QED) is 0.746. The van der Waals surface area contributed by atoms with Gasteiger partial charge in [-0.2, -0.15) is 5.10 Å². The molecule has 4 heteroatoms. The molecule has 1 amide bonds. The van der Waals surface area contributed by atoms with Crippen molar-refractivity contribution in [1.82, 2.24) is 5.01 Å². The van der Waals surface area contributed by atoms with Gasteiger partial charge in [-0.05, 0) is 12.5 Å². The largest absolute Gasteiger partial charge is 0.499 e. The van der Waals surface area contributed by atoms with E-state index in [9.17, 15) is 4.79 Å². The van der Waals surface area contributed by atoms with Gasteiger partial charge in [0.1, 0.15) is 0 Å². The summed E-state index contributed by atoms with van der Waals surface area (Å²) >= 11 is 0. The van der Waals surface area contributed by atoms with Gasteiger partial charge < -0.3 is 4.74 Å². The monoisotopic (exact) mass is 272 g/mol. The van der Waals surface area contributed by atoms with E-state index < -0.39 is 0 Å². The summed E-state index contributed by atoms with van der Waals surface area (Å²) in [6, 6.07) is 10.00. The van der Waals surface area contributed by atoms with Gasteiger partial charge >= 0.3 is 0 Å². The number of carbonyl (C=O) groups is 1. The van der Waals surface area contributed by atoms with E-state index in [0.717, 1.165) is 12.0 Å². The van der Waals surface area contributed by atoms with E-state index in [1.165, 1.54) is 0 Å². The number of hydrazone groups is 1. The van der Waals surface area contributed by atoms with Crippen LogP contribution in [0, 0.1) is 0 Å². The zero-order valence-electron chi connectivity index (χ0n) is 11.8. The smallest absolute Gasteiger partial charge is 0.243 e. The minimum absolute atomic E-state index is 0.00783. The summed E-state index contributed by atoms with van der Waals surface area (Å²) in [6.07, 6.45) is 3.48. The number of allylic oxidation sites excluding steroid dienone is 1. The van der Waals surface area contributed by atoms with E-state index >= 15 is 0 Å². The fourth-order valence-corrected chi connectivity index (χ4v) is 2.24. The molecule has 0 radical (unpaired) electrons. The highest BCUT2D eigenvalue weighted by molar-refractivity contribution is 5.80. The molecule has 0 N–H and O–H groups in total. The van der Waals surface area contributed by atoms with Crippen molar-refractivity contribution in [2.24, 2.45) is 5.10 Å². The lowest BCUT2D eigenvalue weighted by Crippen LogP contribution is -2.27. The van der Waals surface area contributed by atoms with Crippen LogP contribution in [0.1, 0.15) is 37.8 Å². The van der Waals surface area contributed by atoms with Crippen molar-refractivity contribution in [3.63, 3.8) is 0 Å². The zero-order valence-corrected chi connectivity index (χ0v) is 11.8. The number of hydrogen-bond acceptors (Lipinski definition) is 3. The maximum Gasteiger partial charge on any atom is 0.243 e. The molecule has 1 aliphatic heterocycles. The number of carbonyl (C=O) groups excluding carboxylic acids is 1. The topological polar surface area (TPSA) is 41.9 Å². The van der Waals surface area contributed by atoms with E-state index in [0.29, 0.717) is 25.2 Å². The van der Waals surface area contributed by atoms with Crippen molar-refractivity contribution in [3.8, 4) is 0 Å². The lowest BCUT2D eigenvalue weighted by Gasteiger charge is -2.22. The Kier molecular flexibility index (Phi) is 4.93. The Bertz CT molecular complexity index is 496. The van der Waals surface area contributed by atoms with Crippen LogP contribution in [0.4, 0.5) is 0 Å². The van der Waals surface area contributed by atoms with Gasteiger partial charge in [0, 0.05) is 25.5 Å². The normalized spacial score (nSPS) is 17.2. The first kappa shape index (κ1) is 14.3. The van der Waals surface area contributed by atoms with E-state index in [1.54, 1.807) is 11.2 Å². The number of rotatable bonds is 6. The van der Waals surface area contributed by atoms with Crippen LogP contribution in [0.15, 0.2) is 47.8 Å². The molecule has 4 nitrogen and oxygen atoms in total. The van der Waals surface area contributed by atoms with Gasteiger partial charge in [0.2, 0.25) is 5.91 Å². The van der Waals surface area contributed by atoms with Crippen LogP contribution in [0.5, 0.6) is 0 Å². The van der Waals surface area contributed by atoms with Gasteiger partial charge in [-0.3, -0.25) is 4.79 Å². The standard InChI is InChI=1S/C16H20N2O2/c1-3-20-13(2)9-10-16(19)18-15(11-12-17-18)14-7-5-4-6-8-14/h4-8,12,15H,2-3,9-11H2,1H3. The summed E-state index contributed by atoms with van der Waals surface area (Å²) in [6.45, 7) is 6.28. The molecule has 1 atom stereocenters. The van der Waals surface area contributed by atoms with E-state index in [2.05, 4.69) is 11.7 Å². The van der Waals surface area contributed by atoms with Crippen molar-refractivity contribution in [3.05, 3.63) is 48.2 Å². The van der Waals surface area contributed by atoms with Crippen LogP contribution >= 0.6 is 0 Å². The Labute approximate surface area is 119 Å². The van der Waals surface area contributed by atoms with Crippen molar-refractivity contribution in [2.45, 2.75) is 32.2 Å². The van der Waals surface area contributed by atoms with E-state index in [4.69, 9.17) is 4.74 Å². The van der Waals surface area contributed by atoms with E-state index in [-0.39, 0.29) is 11.9 Å². The maximum absolute atomic E-state index is 12.3. The molecule has 0 fully saturated rings. The van der Waals surface area contributed by atoms with Crippen LogP contribution in [-0.4, -0.2) is 23.7 Å². The Morgan fingerprint density at radius 3 is 2.85 bits per heavy atom. The number of nitrogens with zero attached hydrogens (tertiary/aromatic N) is 2. The van der Waals surface area contributed by atoms with Gasteiger partial charge in [-0.1, -0.05) is 36.9 Å². The van der Waals surface area contributed by atoms with Crippen molar-refractivity contribution < 1.29 is 9.53 Å². The van der Waals surface area contributed by atoms with E-state index in [1.807, 2.05) is 37.3 Å². The third-order valence-electron chi connectivity index (χ3n) is 3.24. The minimum Gasteiger partial charge on any atom is -0.499 e. The third-order valence-corrected chi connectivity index (χ3v) is 3.24. The Balaban J connectivity index is 1.95. The van der Waals surface area contributed by atoms with Gasteiger partial charge in [0.15, 0.2) is 0 Å². The molecule has 0 bridgehead atoms. The molecule has 1 aliphatic rings. The van der Waals surface area contributed by atoms with Gasteiger partial charge in [0.25, 0.3) is 0 Å².